The van der Waals surface area contributed by atoms with Crippen LogP contribution >= 0.6 is 0 Å². The second-order valence-corrected chi connectivity index (χ2v) is 8.15. The number of benzene rings is 1. The van der Waals surface area contributed by atoms with Crippen molar-refractivity contribution in [2.75, 3.05) is 0 Å². The molecule has 0 aliphatic heterocycles. The molecule has 3 fully saturated rings. The highest BCUT2D eigenvalue weighted by Gasteiger charge is 2.42. The second-order valence-electron chi connectivity index (χ2n) is 8.15. The molecular weight excluding hydrogens is 298 g/mol. The third-order valence-corrected chi connectivity index (χ3v) is 6.52. The molecule has 1 aromatic rings. The van der Waals surface area contributed by atoms with Gasteiger partial charge in [0.25, 0.3) is 5.91 Å². The third kappa shape index (κ3) is 3.31. The standard InChI is InChI=1S/C21H29NO2/c1-14(20-13-15-6-7-17(20)12-15)22-21(23)16-8-10-19(11-9-16)24-18-4-2-3-5-18/h8-11,14-15,17-18,20H,2-7,12-13H2,1H3,(H,22,23)/t14-,15+,17+,20-/m1/s1. The van der Waals surface area contributed by atoms with E-state index in [4.69, 9.17) is 4.74 Å². The fourth-order valence-corrected chi connectivity index (χ4v) is 5.19. The van der Waals surface area contributed by atoms with E-state index in [1.165, 1.54) is 38.5 Å². The van der Waals surface area contributed by atoms with Crippen molar-refractivity contribution in [1.82, 2.24) is 5.32 Å². The van der Waals surface area contributed by atoms with Gasteiger partial charge in [-0.1, -0.05) is 6.42 Å². The Morgan fingerprint density at radius 1 is 1.08 bits per heavy atom. The first kappa shape index (κ1) is 16.0. The van der Waals surface area contributed by atoms with Crippen LogP contribution in [0.1, 0.15) is 68.6 Å². The number of ether oxygens (including phenoxy) is 1. The summed E-state index contributed by atoms with van der Waals surface area (Å²) in [7, 11) is 0. The van der Waals surface area contributed by atoms with Crippen molar-refractivity contribution in [3.8, 4) is 5.75 Å². The third-order valence-electron chi connectivity index (χ3n) is 6.52. The number of nitrogens with one attached hydrogen (secondary N) is 1. The lowest BCUT2D eigenvalue weighted by Gasteiger charge is -2.28. The topological polar surface area (TPSA) is 38.3 Å². The molecule has 24 heavy (non-hydrogen) atoms. The van der Waals surface area contributed by atoms with Gasteiger partial charge in [0.15, 0.2) is 0 Å². The minimum absolute atomic E-state index is 0.0534. The summed E-state index contributed by atoms with van der Waals surface area (Å²) >= 11 is 0. The molecule has 3 heteroatoms. The lowest BCUT2D eigenvalue weighted by atomic mass is 9.84. The smallest absolute Gasteiger partial charge is 0.251 e. The molecule has 0 aromatic heterocycles. The average Bonchev–Trinajstić information content (AvgIpc) is 3.33. The number of carbonyl (C=O) groups is 1. The molecule has 4 atom stereocenters. The summed E-state index contributed by atoms with van der Waals surface area (Å²) < 4.78 is 5.97. The van der Waals surface area contributed by atoms with Gasteiger partial charge < -0.3 is 10.1 Å². The van der Waals surface area contributed by atoms with Gasteiger partial charge >= 0.3 is 0 Å². The van der Waals surface area contributed by atoms with E-state index in [0.717, 1.165) is 36.0 Å². The lowest BCUT2D eigenvalue weighted by molar-refractivity contribution is 0.0915. The van der Waals surface area contributed by atoms with Crippen molar-refractivity contribution in [2.24, 2.45) is 17.8 Å². The summed E-state index contributed by atoms with van der Waals surface area (Å²) in [5.74, 6) is 3.38. The molecule has 3 aliphatic carbocycles. The lowest BCUT2D eigenvalue weighted by Crippen LogP contribution is -2.40. The zero-order valence-electron chi connectivity index (χ0n) is 14.7. The van der Waals surface area contributed by atoms with Crippen molar-refractivity contribution in [2.45, 2.75) is 70.4 Å². The van der Waals surface area contributed by atoms with Crippen LogP contribution in [-0.2, 0) is 0 Å². The van der Waals surface area contributed by atoms with E-state index in [1.54, 1.807) is 0 Å². The fraction of sp³-hybridized carbons (Fsp3) is 0.667. The molecule has 0 radical (unpaired) electrons. The molecule has 0 saturated heterocycles. The van der Waals surface area contributed by atoms with Crippen molar-refractivity contribution in [3.63, 3.8) is 0 Å². The van der Waals surface area contributed by atoms with E-state index in [0.29, 0.717) is 12.0 Å². The van der Waals surface area contributed by atoms with E-state index < -0.39 is 0 Å². The fourth-order valence-electron chi connectivity index (χ4n) is 5.19. The minimum Gasteiger partial charge on any atom is -0.490 e. The van der Waals surface area contributed by atoms with Crippen LogP contribution < -0.4 is 10.1 Å². The Balaban J connectivity index is 1.32. The minimum atomic E-state index is 0.0534. The number of fused-ring (bicyclic) bond motifs is 2. The maximum Gasteiger partial charge on any atom is 0.251 e. The van der Waals surface area contributed by atoms with Crippen LogP contribution in [-0.4, -0.2) is 18.1 Å². The number of carbonyl (C=O) groups excluding carboxylic acids is 1. The number of hydrogen-bond acceptors (Lipinski definition) is 2. The number of amides is 1. The van der Waals surface area contributed by atoms with E-state index in [-0.39, 0.29) is 11.9 Å². The maximum atomic E-state index is 12.5. The SMILES string of the molecule is C[C@@H](NC(=O)c1ccc(OC2CCCC2)cc1)[C@H]1C[C@H]2CC[C@H]1C2. The van der Waals surface area contributed by atoms with Gasteiger partial charge in [-0.05, 0) is 93.9 Å². The summed E-state index contributed by atoms with van der Waals surface area (Å²) in [5.41, 5.74) is 0.740. The van der Waals surface area contributed by atoms with E-state index in [1.807, 2.05) is 24.3 Å². The van der Waals surface area contributed by atoms with Crippen molar-refractivity contribution in [1.29, 1.82) is 0 Å². The van der Waals surface area contributed by atoms with Crippen LogP contribution in [0.5, 0.6) is 5.75 Å². The van der Waals surface area contributed by atoms with Gasteiger partial charge in [0.2, 0.25) is 0 Å². The summed E-state index contributed by atoms with van der Waals surface area (Å²) in [4.78, 5) is 12.5. The highest BCUT2D eigenvalue weighted by molar-refractivity contribution is 5.94. The Bertz CT molecular complexity index is 576. The van der Waals surface area contributed by atoms with Crippen LogP contribution in [0, 0.1) is 17.8 Å². The quantitative estimate of drug-likeness (QED) is 0.861. The summed E-state index contributed by atoms with van der Waals surface area (Å²) in [5, 5.41) is 3.24. The molecule has 2 bridgehead atoms. The van der Waals surface area contributed by atoms with Gasteiger partial charge in [0.1, 0.15) is 5.75 Å². The maximum absolute atomic E-state index is 12.5. The van der Waals surface area contributed by atoms with Gasteiger partial charge in [0, 0.05) is 11.6 Å². The Kier molecular flexibility index (Phi) is 4.51. The second kappa shape index (κ2) is 6.78. The van der Waals surface area contributed by atoms with Gasteiger partial charge in [-0.25, -0.2) is 0 Å². The van der Waals surface area contributed by atoms with Crippen LogP contribution in [0.3, 0.4) is 0 Å². The van der Waals surface area contributed by atoms with Crippen LogP contribution in [0.4, 0.5) is 0 Å². The molecule has 0 heterocycles. The van der Waals surface area contributed by atoms with Gasteiger partial charge in [-0.2, -0.15) is 0 Å². The highest BCUT2D eigenvalue weighted by atomic mass is 16.5. The van der Waals surface area contributed by atoms with Crippen molar-refractivity contribution >= 4 is 5.91 Å². The predicted molar refractivity (Wildman–Crippen MR) is 95.2 cm³/mol. The molecule has 3 aliphatic rings. The first-order valence-electron chi connectivity index (χ1n) is 9.76. The van der Waals surface area contributed by atoms with Crippen LogP contribution in [0.25, 0.3) is 0 Å². The monoisotopic (exact) mass is 327 g/mol. The summed E-state index contributed by atoms with van der Waals surface area (Å²) in [6, 6.07) is 7.95. The van der Waals surface area contributed by atoms with Crippen LogP contribution in [0.2, 0.25) is 0 Å². The largest absolute Gasteiger partial charge is 0.490 e. The molecule has 3 nitrogen and oxygen atoms in total. The van der Waals surface area contributed by atoms with E-state index in [9.17, 15) is 4.79 Å². The normalized spacial score (nSPS) is 30.5. The van der Waals surface area contributed by atoms with Gasteiger partial charge in [0.05, 0.1) is 6.10 Å². The summed E-state index contributed by atoms with van der Waals surface area (Å²) in [6.07, 6.45) is 10.7. The molecule has 0 spiro atoms. The van der Waals surface area contributed by atoms with Gasteiger partial charge in [-0.3, -0.25) is 4.79 Å². The van der Waals surface area contributed by atoms with Crippen LogP contribution in [0.15, 0.2) is 24.3 Å². The van der Waals surface area contributed by atoms with Crippen molar-refractivity contribution in [3.05, 3.63) is 29.8 Å². The average molecular weight is 327 g/mol. The molecule has 4 rings (SSSR count). The molecule has 130 valence electrons. The van der Waals surface area contributed by atoms with E-state index >= 15 is 0 Å². The molecule has 1 N–H and O–H groups in total. The molecule has 0 unspecified atom stereocenters. The number of rotatable bonds is 5. The highest BCUT2D eigenvalue weighted by Crippen LogP contribution is 2.49. The summed E-state index contributed by atoms with van der Waals surface area (Å²) in [6.45, 7) is 2.18. The van der Waals surface area contributed by atoms with Crippen molar-refractivity contribution < 1.29 is 9.53 Å². The van der Waals surface area contributed by atoms with Gasteiger partial charge in [-0.15, -0.1) is 0 Å². The Morgan fingerprint density at radius 3 is 2.46 bits per heavy atom. The Hall–Kier alpha value is -1.51. The predicted octanol–water partition coefficient (Wildman–Crippen LogP) is 4.56. The first-order valence-corrected chi connectivity index (χ1v) is 9.76. The zero-order chi connectivity index (χ0) is 16.5. The number of hydrogen-bond donors (Lipinski definition) is 1. The zero-order valence-corrected chi connectivity index (χ0v) is 14.7. The first-order chi connectivity index (χ1) is 11.7. The van der Waals surface area contributed by atoms with E-state index in [2.05, 4.69) is 12.2 Å². The molecule has 1 amide bonds. The Labute approximate surface area is 145 Å². The molecule has 1 aromatic carbocycles. The Morgan fingerprint density at radius 2 is 1.83 bits per heavy atom. The molecule has 3 saturated carbocycles. The molecular formula is C21H29NO2.